The molecule has 1 aromatic heterocycles. The molecule has 4 atom stereocenters. The van der Waals surface area contributed by atoms with E-state index in [2.05, 4.69) is 31.0 Å². The summed E-state index contributed by atoms with van der Waals surface area (Å²) in [5, 5.41) is 17.6. The van der Waals surface area contributed by atoms with Crippen LogP contribution in [0.15, 0.2) is 0 Å². The molecule has 1 fully saturated rings. The Labute approximate surface area is 159 Å². The molecule has 0 aromatic carbocycles. The topological polar surface area (TPSA) is 97.5 Å². The number of carbonyl (C=O) groups excluding carboxylic acids is 1. The molecule has 1 aliphatic heterocycles. The molecule has 0 radical (unpaired) electrons. The van der Waals surface area contributed by atoms with Crippen molar-refractivity contribution >= 4 is 11.9 Å². The Hall–Kier alpha value is -1.96. The van der Waals surface area contributed by atoms with Gasteiger partial charge in [0.2, 0.25) is 5.91 Å². The fourth-order valence-electron chi connectivity index (χ4n) is 4.35. The summed E-state index contributed by atoms with van der Waals surface area (Å²) in [4.78, 5) is 25.9. The zero-order valence-electron chi connectivity index (χ0n) is 16.6. The third-order valence-electron chi connectivity index (χ3n) is 6.04. The van der Waals surface area contributed by atoms with Gasteiger partial charge in [-0.25, -0.2) is 4.79 Å². The van der Waals surface area contributed by atoms with Gasteiger partial charge in [0.1, 0.15) is 18.5 Å². The number of rotatable bonds is 5. The highest BCUT2D eigenvalue weighted by Gasteiger charge is 2.37. The molecule has 8 heteroatoms. The van der Waals surface area contributed by atoms with Crippen LogP contribution >= 0.6 is 0 Å². The largest absolute Gasteiger partial charge is 0.480 e. The van der Waals surface area contributed by atoms with E-state index in [9.17, 15) is 14.7 Å². The second-order valence-corrected chi connectivity index (χ2v) is 8.33. The van der Waals surface area contributed by atoms with E-state index in [-0.39, 0.29) is 31.7 Å². The molecule has 0 saturated heterocycles. The average molecular weight is 378 g/mol. The summed E-state index contributed by atoms with van der Waals surface area (Å²) in [7, 11) is 0. The zero-order chi connectivity index (χ0) is 19.7. The van der Waals surface area contributed by atoms with E-state index in [1.807, 2.05) is 0 Å². The lowest BCUT2D eigenvalue weighted by molar-refractivity contribution is -0.157. The number of carbonyl (C=O) groups is 2. The smallest absolute Gasteiger partial charge is 0.328 e. The molecule has 1 amide bonds. The zero-order valence-corrected chi connectivity index (χ0v) is 16.6. The maximum Gasteiger partial charge on any atom is 0.328 e. The molecule has 2 aliphatic rings. The molecule has 27 heavy (non-hydrogen) atoms. The average Bonchev–Trinajstić information content (AvgIpc) is 2.98. The first-order valence-corrected chi connectivity index (χ1v) is 9.80. The van der Waals surface area contributed by atoms with Gasteiger partial charge in [0.05, 0.1) is 19.2 Å². The lowest BCUT2D eigenvalue weighted by Gasteiger charge is -2.38. The van der Waals surface area contributed by atoms with E-state index in [4.69, 9.17) is 4.74 Å². The normalized spacial score (nSPS) is 28.3. The van der Waals surface area contributed by atoms with Gasteiger partial charge in [0.15, 0.2) is 5.82 Å². The monoisotopic (exact) mass is 378 g/mol. The quantitative estimate of drug-likeness (QED) is 0.840. The molecule has 8 nitrogen and oxygen atoms in total. The van der Waals surface area contributed by atoms with Crippen LogP contribution in [0.2, 0.25) is 0 Å². The van der Waals surface area contributed by atoms with Gasteiger partial charge in [-0.3, -0.25) is 4.79 Å². The number of amides is 1. The molecule has 4 unspecified atom stereocenters. The Morgan fingerprint density at radius 3 is 2.70 bits per heavy atom. The third-order valence-corrected chi connectivity index (χ3v) is 6.04. The SMILES string of the molecule is Cc1nnc2n1CC(C(=O)O)N(C(=O)COC1CC(C)CCC1C(C)C)C2. The molecule has 0 spiro atoms. The third kappa shape index (κ3) is 4.15. The minimum Gasteiger partial charge on any atom is -0.480 e. The molecule has 150 valence electrons. The molecule has 0 bridgehead atoms. The Morgan fingerprint density at radius 1 is 1.30 bits per heavy atom. The predicted octanol–water partition coefficient (Wildman–Crippen LogP) is 1.86. The summed E-state index contributed by atoms with van der Waals surface area (Å²) < 4.78 is 7.80. The molecule has 1 N–H and O–H groups in total. The Kier molecular flexibility index (Phi) is 5.83. The van der Waals surface area contributed by atoms with Crippen LogP contribution in [-0.2, 0) is 27.4 Å². The van der Waals surface area contributed by atoms with Gasteiger partial charge in [-0.05, 0) is 37.5 Å². The van der Waals surface area contributed by atoms with E-state index in [1.54, 1.807) is 11.5 Å². The van der Waals surface area contributed by atoms with Crippen LogP contribution in [0.25, 0.3) is 0 Å². The highest BCUT2D eigenvalue weighted by Crippen LogP contribution is 2.35. The van der Waals surface area contributed by atoms with Crippen LogP contribution in [0.5, 0.6) is 0 Å². The maximum absolute atomic E-state index is 12.8. The van der Waals surface area contributed by atoms with Crippen LogP contribution in [0.3, 0.4) is 0 Å². The van der Waals surface area contributed by atoms with Crippen molar-refractivity contribution in [2.24, 2.45) is 17.8 Å². The molecule has 2 heterocycles. The summed E-state index contributed by atoms with van der Waals surface area (Å²) in [5.74, 6) is 1.49. The van der Waals surface area contributed by atoms with Crippen molar-refractivity contribution in [3.05, 3.63) is 11.6 Å². The van der Waals surface area contributed by atoms with Crippen LogP contribution in [-0.4, -0.2) is 55.4 Å². The second-order valence-electron chi connectivity index (χ2n) is 8.33. The van der Waals surface area contributed by atoms with Gasteiger partial charge in [-0.1, -0.05) is 27.2 Å². The lowest BCUT2D eigenvalue weighted by atomic mass is 9.75. The first kappa shape index (κ1) is 19.8. The molecule has 1 saturated carbocycles. The highest BCUT2D eigenvalue weighted by molar-refractivity contribution is 5.84. The summed E-state index contributed by atoms with van der Waals surface area (Å²) in [6.45, 7) is 8.62. The van der Waals surface area contributed by atoms with E-state index in [0.717, 1.165) is 12.8 Å². The number of aromatic nitrogens is 3. The van der Waals surface area contributed by atoms with E-state index >= 15 is 0 Å². The number of aliphatic carboxylic acids is 1. The fraction of sp³-hybridized carbons (Fsp3) is 0.789. The minimum absolute atomic E-state index is 0.0525. The van der Waals surface area contributed by atoms with Gasteiger partial charge < -0.3 is 19.3 Å². The Morgan fingerprint density at radius 2 is 2.04 bits per heavy atom. The molecule has 1 aliphatic carbocycles. The van der Waals surface area contributed by atoms with Crippen molar-refractivity contribution in [3.8, 4) is 0 Å². The van der Waals surface area contributed by atoms with Crippen molar-refractivity contribution in [2.75, 3.05) is 6.61 Å². The van der Waals surface area contributed by atoms with Crippen LogP contribution in [0.4, 0.5) is 0 Å². The van der Waals surface area contributed by atoms with Crippen LogP contribution in [0, 0.1) is 24.7 Å². The first-order chi connectivity index (χ1) is 12.8. The van der Waals surface area contributed by atoms with Gasteiger partial charge in [-0.15, -0.1) is 10.2 Å². The summed E-state index contributed by atoms with van der Waals surface area (Å²) in [5.41, 5.74) is 0. The van der Waals surface area contributed by atoms with Gasteiger partial charge in [-0.2, -0.15) is 0 Å². The number of nitrogens with zero attached hydrogens (tertiary/aromatic N) is 4. The fourth-order valence-corrected chi connectivity index (χ4v) is 4.35. The molecular weight excluding hydrogens is 348 g/mol. The Bertz CT molecular complexity index is 702. The lowest BCUT2D eigenvalue weighted by Crippen LogP contribution is -2.52. The van der Waals surface area contributed by atoms with Crippen LogP contribution < -0.4 is 0 Å². The van der Waals surface area contributed by atoms with Gasteiger partial charge in [0.25, 0.3) is 0 Å². The van der Waals surface area contributed by atoms with Gasteiger partial charge in [0, 0.05) is 0 Å². The summed E-state index contributed by atoms with van der Waals surface area (Å²) >= 11 is 0. The number of hydrogen-bond acceptors (Lipinski definition) is 5. The van der Waals surface area contributed by atoms with Crippen LogP contribution in [0.1, 0.15) is 51.7 Å². The number of carboxylic acid groups (broad SMARTS) is 1. The van der Waals surface area contributed by atoms with E-state index in [0.29, 0.717) is 29.4 Å². The van der Waals surface area contributed by atoms with Crippen molar-refractivity contribution < 1.29 is 19.4 Å². The highest BCUT2D eigenvalue weighted by atomic mass is 16.5. The number of carboxylic acids is 1. The second kappa shape index (κ2) is 7.96. The van der Waals surface area contributed by atoms with E-state index in [1.165, 1.54) is 11.3 Å². The standard InChI is InChI=1S/C19H30N4O4/c1-11(2)14-6-5-12(3)7-16(14)27-10-18(24)23-9-17-21-20-13(4)22(17)8-15(23)19(25)26/h11-12,14-16H,5-10H2,1-4H3,(H,25,26). The predicted molar refractivity (Wildman–Crippen MR) is 97.8 cm³/mol. The molecular formula is C19H30N4O4. The van der Waals surface area contributed by atoms with E-state index < -0.39 is 12.0 Å². The first-order valence-electron chi connectivity index (χ1n) is 9.80. The van der Waals surface area contributed by atoms with Crippen molar-refractivity contribution in [1.82, 2.24) is 19.7 Å². The summed E-state index contributed by atoms with van der Waals surface area (Å²) in [6.07, 6.45) is 3.31. The number of fused-ring (bicyclic) bond motifs is 1. The minimum atomic E-state index is -1.02. The number of ether oxygens (including phenoxy) is 1. The van der Waals surface area contributed by atoms with Crippen molar-refractivity contribution in [1.29, 1.82) is 0 Å². The summed E-state index contributed by atoms with van der Waals surface area (Å²) in [6, 6.07) is -0.922. The van der Waals surface area contributed by atoms with Gasteiger partial charge >= 0.3 is 5.97 Å². The molecule has 3 rings (SSSR count). The number of hydrogen-bond donors (Lipinski definition) is 1. The Balaban J connectivity index is 1.68. The van der Waals surface area contributed by atoms with Crippen molar-refractivity contribution in [3.63, 3.8) is 0 Å². The number of aryl methyl sites for hydroxylation is 1. The maximum atomic E-state index is 12.8. The molecule has 1 aromatic rings. The van der Waals surface area contributed by atoms with Crippen molar-refractivity contribution in [2.45, 2.75) is 72.2 Å².